The maximum absolute atomic E-state index is 9.25. The van der Waals surface area contributed by atoms with Gasteiger partial charge in [0.15, 0.2) is 0 Å². The zero-order valence-corrected chi connectivity index (χ0v) is 8.49. The van der Waals surface area contributed by atoms with E-state index in [0.717, 1.165) is 18.6 Å². The van der Waals surface area contributed by atoms with Gasteiger partial charge in [0.2, 0.25) is 0 Å². The summed E-state index contributed by atoms with van der Waals surface area (Å²) in [6.45, 7) is 2.94. The van der Waals surface area contributed by atoms with Gasteiger partial charge in [-0.05, 0) is 37.5 Å². The molecule has 1 fully saturated rings. The molecule has 1 aliphatic carbocycles. The fraction of sp³-hybridized carbons (Fsp3) is 0.500. The topological polar surface area (TPSA) is 29.5 Å². The number of ether oxygens (including phenoxy) is 1. The molecule has 2 heteroatoms. The lowest BCUT2D eigenvalue weighted by atomic mass is 9.97. The molecule has 1 saturated carbocycles. The van der Waals surface area contributed by atoms with E-state index in [1.807, 2.05) is 19.1 Å². The lowest BCUT2D eigenvalue weighted by Gasteiger charge is -2.12. The monoisotopic (exact) mass is 192 g/mol. The van der Waals surface area contributed by atoms with Crippen LogP contribution in [0.15, 0.2) is 24.3 Å². The molecular weight excluding hydrogens is 176 g/mol. The van der Waals surface area contributed by atoms with Crippen molar-refractivity contribution < 1.29 is 9.84 Å². The molecule has 2 rings (SSSR count). The van der Waals surface area contributed by atoms with Crippen molar-refractivity contribution in [2.45, 2.75) is 25.2 Å². The third kappa shape index (κ3) is 1.62. The third-order valence-electron chi connectivity index (χ3n) is 2.93. The first-order chi connectivity index (χ1) is 6.80. The summed E-state index contributed by atoms with van der Waals surface area (Å²) in [7, 11) is 0. The highest BCUT2D eigenvalue weighted by atomic mass is 16.5. The van der Waals surface area contributed by atoms with Crippen LogP contribution >= 0.6 is 0 Å². The van der Waals surface area contributed by atoms with Gasteiger partial charge >= 0.3 is 0 Å². The first-order valence-corrected chi connectivity index (χ1v) is 5.15. The Bertz CT molecular complexity index is 299. The molecule has 1 aromatic rings. The summed E-state index contributed by atoms with van der Waals surface area (Å²) in [5.74, 6) is 0.907. The molecular formula is C12H16O2. The number of rotatable bonds is 4. The van der Waals surface area contributed by atoms with Crippen molar-refractivity contribution in [1.29, 1.82) is 0 Å². The zero-order valence-electron chi connectivity index (χ0n) is 8.49. The van der Waals surface area contributed by atoms with Crippen molar-refractivity contribution in [2.75, 3.05) is 13.2 Å². The Balaban J connectivity index is 2.14. The molecule has 0 bridgehead atoms. The van der Waals surface area contributed by atoms with Crippen LogP contribution in [0.1, 0.15) is 25.3 Å². The van der Waals surface area contributed by atoms with Crippen LogP contribution in [-0.4, -0.2) is 18.3 Å². The molecule has 0 atom stereocenters. The van der Waals surface area contributed by atoms with Crippen molar-refractivity contribution >= 4 is 0 Å². The molecule has 0 amide bonds. The average Bonchev–Trinajstić information content (AvgIpc) is 3.00. The number of hydrogen-bond donors (Lipinski definition) is 1. The Labute approximate surface area is 84.5 Å². The van der Waals surface area contributed by atoms with E-state index >= 15 is 0 Å². The first kappa shape index (κ1) is 9.53. The third-order valence-corrected chi connectivity index (χ3v) is 2.93. The van der Waals surface area contributed by atoms with Gasteiger partial charge in [-0.2, -0.15) is 0 Å². The Morgan fingerprint density at radius 3 is 2.36 bits per heavy atom. The van der Waals surface area contributed by atoms with Gasteiger partial charge in [-0.25, -0.2) is 0 Å². The van der Waals surface area contributed by atoms with Crippen LogP contribution in [-0.2, 0) is 5.41 Å². The summed E-state index contributed by atoms with van der Waals surface area (Å²) < 4.78 is 5.37. The average molecular weight is 192 g/mol. The van der Waals surface area contributed by atoms with Gasteiger partial charge in [-0.3, -0.25) is 0 Å². The standard InChI is InChI=1S/C12H16O2/c1-2-14-11-5-3-10(4-6-11)12(9-13)7-8-12/h3-6,13H,2,7-9H2,1H3. The molecule has 0 radical (unpaired) electrons. The minimum Gasteiger partial charge on any atom is -0.494 e. The molecule has 0 saturated heterocycles. The molecule has 0 spiro atoms. The summed E-state index contributed by atoms with van der Waals surface area (Å²) in [5.41, 5.74) is 1.31. The van der Waals surface area contributed by atoms with Crippen LogP contribution in [0.5, 0.6) is 5.75 Å². The first-order valence-electron chi connectivity index (χ1n) is 5.15. The largest absolute Gasteiger partial charge is 0.494 e. The fourth-order valence-corrected chi connectivity index (χ4v) is 1.76. The smallest absolute Gasteiger partial charge is 0.119 e. The van der Waals surface area contributed by atoms with Crippen LogP contribution in [0.2, 0.25) is 0 Å². The van der Waals surface area contributed by atoms with Gasteiger partial charge in [-0.1, -0.05) is 12.1 Å². The molecule has 1 aliphatic rings. The van der Waals surface area contributed by atoms with E-state index in [1.165, 1.54) is 5.56 Å². The van der Waals surface area contributed by atoms with Gasteiger partial charge in [0, 0.05) is 5.41 Å². The normalized spacial score (nSPS) is 17.9. The minimum absolute atomic E-state index is 0.0742. The van der Waals surface area contributed by atoms with Crippen molar-refractivity contribution in [1.82, 2.24) is 0 Å². The van der Waals surface area contributed by atoms with E-state index in [-0.39, 0.29) is 12.0 Å². The van der Waals surface area contributed by atoms with Crippen molar-refractivity contribution in [2.24, 2.45) is 0 Å². The van der Waals surface area contributed by atoms with Crippen LogP contribution in [0.25, 0.3) is 0 Å². The predicted molar refractivity (Wildman–Crippen MR) is 55.6 cm³/mol. The van der Waals surface area contributed by atoms with Crippen LogP contribution in [0, 0.1) is 0 Å². The van der Waals surface area contributed by atoms with E-state index in [2.05, 4.69) is 12.1 Å². The Morgan fingerprint density at radius 1 is 1.29 bits per heavy atom. The summed E-state index contributed by atoms with van der Waals surface area (Å²) in [5, 5.41) is 9.25. The maximum atomic E-state index is 9.25. The Morgan fingerprint density at radius 2 is 1.93 bits per heavy atom. The maximum Gasteiger partial charge on any atom is 0.119 e. The second kappa shape index (κ2) is 3.62. The van der Waals surface area contributed by atoms with Crippen molar-refractivity contribution in [3.8, 4) is 5.75 Å². The van der Waals surface area contributed by atoms with Crippen molar-refractivity contribution in [3.63, 3.8) is 0 Å². The summed E-state index contributed by atoms with van der Waals surface area (Å²) in [4.78, 5) is 0. The molecule has 0 aromatic heterocycles. The number of benzene rings is 1. The van der Waals surface area contributed by atoms with Gasteiger partial charge in [-0.15, -0.1) is 0 Å². The van der Waals surface area contributed by atoms with Gasteiger partial charge < -0.3 is 9.84 Å². The van der Waals surface area contributed by atoms with Gasteiger partial charge in [0.05, 0.1) is 13.2 Å². The second-order valence-corrected chi connectivity index (χ2v) is 3.90. The lowest BCUT2D eigenvalue weighted by molar-refractivity contribution is 0.255. The predicted octanol–water partition coefficient (Wildman–Crippen LogP) is 2.11. The molecule has 0 aliphatic heterocycles. The summed E-state index contributed by atoms with van der Waals surface area (Å²) >= 11 is 0. The Kier molecular flexibility index (Phi) is 2.46. The van der Waals surface area contributed by atoms with Crippen LogP contribution < -0.4 is 4.74 Å². The highest BCUT2D eigenvalue weighted by molar-refractivity contribution is 5.36. The zero-order chi connectivity index (χ0) is 10.0. The molecule has 1 N–H and O–H groups in total. The Hall–Kier alpha value is -1.02. The van der Waals surface area contributed by atoms with E-state index in [1.54, 1.807) is 0 Å². The lowest BCUT2D eigenvalue weighted by Crippen LogP contribution is -2.11. The molecule has 14 heavy (non-hydrogen) atoms. The van der Waals surface area contributed by atoms with Crippen LogP contribution in [0.3, 0.4) is 0 Å². The SMILES string of the molecule is CCOc1ccc(C2(CO)CC2)cc1. The van der Waals surface area contributed by atoms with Gasteiger partial charge in [0.25, 0.3) is 0 Å². The number of hydrogen-bond acceptors (Lipinski definition) is 2. The minimum atomic E-state index is 0.0742. The van der Waals surface area contributed by atoms with Gasteiger partial charge in [0.1, 0.15) is 5.75 Å². The van der Waals surface area contributed by atoms with E-state index < -0.39 is 0 Å². The summed E-state index contributed by atoms with van der Waals surface area (Å²) in [6, 6.07) is 8.09. The molecule has 0 heterocycles. The molecule has 2 nitrogen and oxygen atoms in total. The molecule has 1 aromatic carbocycles. The summed E-state index contributed by atoms with van der Waals surface area (Å²) in [6.07, 6.45) is 2.22. The fourth-order valence-electron chi connectivity index (χ4n) is 1.76. The quantitative estimate of drug-likeness (QED) is 0.791. The number of aliphatic hydroxyl groups excluding tert-OH is 1. The molecule has 76 valence electrons. The molecule has 0 unspecified atom stereocenters. The highest BCUT2D eigenvalue weighted by Gasteiger charge is 2.43. The number of aliphatic hydroxyl groups is 1. The van der Waals surface area contributed by atoms with Crippen molar-refractivity contribution in [3.05, 3.63) is 29.8 Å². The van der Waals surface area contributed by atoms with E-state index in [9.17, 15) is 5.11 Å². The van der Waals surface area contributed by atoms with Crippen LogP contribution in [0.4, 0.5) is 0 Å². The van der Waals surface area contributed by atoms with E-state index in [4.69, 9.17) is 4.74 Å². The second-order valence-electron chi connectivity index (χ2n) is 3.90. The van der Waals surface area contributed by atoms with E-state index in [0.29, 0.717) is 6.61 Å². The highest BCUT2D eigenvalue weighted by Crippen LogP contribution is 2.47.